The highest BCUT2D eigenvalue weighted by molar-refractivity contribution is 6.07. The molecule has 2 fully saturated rings. The Labute approximate surface area is 247 Å². The normalized spacial score (nSPS) is 26.2. The lowest BCUT2D eigenvalue weighted by molar-refractivity contribution is -0.144. The summed E-state index contributed by atoms with van der Waals surface area (Å²) in [5.41, 5.74) is 2.41. The molecule has 0 unspecified atom stereocenters. The first-order chi connectivity index (χ1) is 20.7. The third kappa shape index (κ3) is 4.42. The predicted molar refractivity (Wildman–Crippen MR) is 165 cm³/mol. The highest BCUT2D eigenvalue weighted by Crippen LogP contribution is 2.63. The number of ketones is 1. The topological polar surface area (TPSA) is 46.6 Å². The summed E-state index contributed by atoms with van der Waals surface area (Å²) >= 11 is 0. The molecule has 210 valence electrons. The molecule has 0 radical (unpaired) electrons. The number of rotatable bonds is 6. The van der Waals surface area contributed by atoms with Gasteiger partial charge < -0.3 is 4.74 Å². The molecule has 4 aromatic carbocycles. The monoisotopic (exact) mass is 553 g/mol. The molecule has 4 heteroatoms. The minimum Gasteiger partial charge on any atom is -0.425 e. The van der Waals surface area contributed by atoms with Crippen LogP contribution in [0.3, 0.4) is 0 Å². The molecule has 2 heterocycles. The van der Waals surface area contributed by atoms with E-state index >= 15 is 0 Å². The fourth-order valence-corrected chi connectivity index (χ4v) is 7.72. The molecule has 0 N–H and O–H groups in total. The van der Waals surface area contributed by atoms with Crippen molar-refractivity contribution in [1.29, 1.82) is 0 Å². The van der Waals surface area contributed by atoms with Crippen molar-refractivity contribution in [3.63, 3.8) is 0 Å². The van der Waals surface area contributed by atoms with Crippen molar-refractivity contribution in [3.05, 3.63) is 150 Å². The van der Waals surface area contributed by atoms with Gasteiger partial charge in [-0.25, -0.2) is 0 Å². The van der Waals surface area contributed by atoms with Crippen molar-refractivity contribution in [2.75, 3.05) is 0 Å². The molecule has 2 aliphatic heterocycles. The lowest BCUT2D eigenvalue weighted by Gasteiger charge is -2.40. The van der Waals surface area contributed by atoms with Gasteiger partial charge in [-0.15, -0.1) is 0 Å². The third-order valence-corrected chi connectivity index (χ3v) is 9.49. The van der Waals surface area contributed by atoms with E-state index in [-0.39, 0.29) is 29.8 Å². The Hall–Kier alpha value is -4.28. The fourth-order valence-electron chi connectivity index (χ4n) is 7.72. The summed E-state index contributed by atoms with van der Waals surface area (Å²) in [6.07, 6.45) is 7.45. The van der Waals surface area contributed by atoms with Gasteiger partial charge in [0.25, 0.3) is 0 Å². The number of Topliss-reactive ketones (excluding diaryl/α,β-unsaturated/α-hetero) is 1. The molecule has 0 amide bonds. The number of benzene rings is 4. The van der Waals surface area contributed by atoms with Crippen molar-refractivity contribution in [1.82, 2.24) is 4.90 Å². The molecule has 1 aliphatic carbocycles. The Bertz CT molecular complexity index is 1580. The summed E-state index contributed by atoms with van der Waals surface area (Å²) in [5, 5.41) is 0. The number of carbonyl (C=O) groups excluding carboxylic acids is 2. The average Bonchev–Trinajstić information content (AvgIpc) is 3.57. The number of hydrogen-bond acceptors (Lipinski definition) is 4. The maximum atomic E-state index is 14.9. The van der Waals surface area contributed by atoms with Crippen LogP contribution in [0.2, 0.25) is 0 Å². The van der Waals surface area contributed by atoms with Gasteiger partial charge in [0, 0.05) is 29.1 Å². The molecule has 4 aromatic rings. The minimum atomic E-state index is -1.21. The van der Waals surface area contributed by atoms with E-state index in [0.29, 0.717) is 11.3 Å². The SMILES string of the molecule is O=C(c1ccccc1)[C@H]1N(C2CCCCC2)[C@H](c2ccccc2)[C@@H](c2ccccc2)[C@@]12C=C(c1ccccc1)OC2=O. The Morgan fingerprint density at radius 3 is 1.86 bits per heavy atom. The van der Waals surface area contributed by atoms with Crippen molar-refractivity contribution >= 4 is 17.5 Å². The maximum Gasteiger partial charge on any atom is 0.324 e. The van der Waals surface area contributed by atoms with Crippen LogP contribution >= 0.6 is 0 Å². The van der Waals surface area contributed by atoms with Gasteiger partial charge >= 0.3 is 5.97 Å². The van der Waals surface area contributed by atoms with Crippen LogP contribution in [0.1, 0.15) is 71.1 Å². The minimum absolute atomic E-state index is 0.0250. The Morgan fingerprint density at radius 2 is 1.24 bits per heavy atom. The van der Waals surface area contributed by atoms with E-state index < -0.39 is 11.5 Å². The van der Waals surface area contributed by atoms with Crippen LogP contribution in [-0.4, -0.2) is 28.7 Å². The molecular weight excluding hydrogens is 518 g/mol. The summed E-state index contributed by atoms with van der Waals surface area (Å²) in [6, 6.07) is 39.3. The van der Waals surface area contributed by atoms with E-state index in [1.165, 1.54) is 6.42 Å². The van der Waals surface area contributed by atoms with Gasteiger partial charge in [0.2, 0.25) is 0 Å². The Kier molecular flexibility index (Phi) is 7.09. The summed E-state index contributed by atoms with van der Waals surface area (Å²) in [4.78, 5) is 32.0. The molecule has 1 spiro atoms. The molecule has 1 saturated carbocycles. The lowest BCUT2D eigenvalue weighted by Crippen LogP contribution is -2.52. The summed E-state index contributed by atoms with van der Waals surface area (Å²) in [5.74, 6) is -0.161. The quantitative estimate of drug-likeness (QED) is 0.179. The Morgan fingerprint density at radius 1 is 0.690 bits per heavy atom. The summed E-state index contributed by atoms with van der Waals surface area (Å²) < 4.78 is 6.22. The Balaban J connectivity index is 1.53. The number of nitrogens with zero attached hydrogens (tertiary/aromatic N) is 1. The third-order valence-electron chi connectivity index (χ3n) is 9.49. The maximum absolute atomic E-state index is 14.9. The molecule has 1 saturated heterocycles. The molecule has 4 nitrogen and oxygen atoms in total. The van der Waals surface area contributed by atoms with Gasteiger partial charge in [0.05, 0.1) is 6.04 Å². The van der Waals surface area contributed by atoms with Gasteiger partial charge in [0.15, 0.2) is 5.78 Å². The number of likely N-dealkylation sites (tertiary alicyclic amines) is 1. The average molecular weight is 554 g/mol. The first-order valence-electron chi connectivity index (χ1n) is 15.2. The zero-order chi connectivity index (χ0) is 28.5. The van der Waals surface area contributed by atoms with E-state index in [1.807, 2.05) is 91.0 Å². The van der Waals surface area contributed by atoms with E-state index in [9.17, 15) is 9.59 Å². The van der Waals surface area contributed by atoms with Gasteiger partial charge in [-0.3, -0.25) is 14.5 Å². The van der Waals surface area contributed by atoms with Crippen molar-refractivity contribution in [2.24, 2.45) is 5.41 Å². The van der Waals surface area contributed by atoms with Crippen LogP contribution in [0.4, 0.5) is 0 Å². The van der Waals surface area contributed by atoms with Crippen molar-refractivity contribution in [2.45, 2.75) is 56.1 Å². The zero-order valence-corrected chi connectivity index (χ0v) is 23.6. The van der Waals surface area contributed by atoms with Gasteiger partial charge in [-0.05, 0) is 30.0 Å². The van der Waals surface area contributed by atoms with Gasteiger partial charge in [0.1, 0.15) is 11.2 Å². The molecule has 0 aromatic heterocycles. The number of cyclic esters (lactones) is 1. The smallest absolute Gasteiger partial charge is 0.324 e. The second-order valence-electron chi connectivity index (χ2n) is 11.8. The summed E-state index contributed by atoms with van der Waals surface area (Å²) in [7, 11) is 0. The van der Waals surface area contributed by atoms with Crippen LogP contribution in [0.15, 0.2) is 127 Å². The second-order valence-corrected chi connectivity index (χ2v) is 11.8. The van der Waals surface area contributed by atoms with Crippen molar-refractivity contribution in [3.8, 4) is 0 Å². The van der Waals surface area contributed by atoms with Gasteiger partial charge in [-0.1, -0.05) is 141 Å². The van der Waals surface area contributed by atoms with Crippen LogP contribution in [0.5, 0.6) is 0 Å². The van der Waals surface area contributed by atoms with Crippen LogP contribution in [-0.2, 0) is 9.53 Å². The van der Waals surface area contributed by atoms with E-state index in [4.69, 9.17) is 4.74 Å². The standard InChI is InChI=1S/C38H35NO3/c40-35(30-22-12-4-13-23-30)36-38(26-32(42-37(38)41)27-16-6-1-7-17-27)33(28-18-8-2-9-19-28)34(29-20-10-3-11-21-29)39(36)31-24-14-5-15-25-31/h1-4,6-13,16-23,26,31,33-34,36H,5,14-15,24-25H2/t33-,34-,36-,38+/m1/s1. The molecule has 3 aliphatic rings. The van der Waals surface area contributed by atoms with E-state index in [2.05, 4.69) is 41.3 Å². The number of ether oxygens (including phenoxy) is 1. The second kappa shape index (κ2) is 11.2. The lowest BCUT2D eigenvalue weighted by atomic mass is 9.66. The first-order valence-corrected chi connectivity index (χ1v) is 15.2. The van der Waals surface area contributed by atoms with E-state index in [1.54, 1.807) is 0 Å². The van der Waals surface area contributed by atoms with Gasteiger partial charge in [-0.2, -0.15) is 0 Å². The van der Waals surface area contributed by atoms with E-state index in [0.717, 1.165) is 42.4 Å². The predicted octanol–water partition coefficient (Wildman–Crippen LogP) is 8.00. The zero-order valence-electron chi connectivity index (χ0n) is 23.6. The van der Waals surface area contributed by atoms with Crippen LogP contribution in [0.25, 0.3) is 5.76 Å². The summed E-state index contributed by atoms with van der Waals surface area (Å²) in [6.45, 7) is 0. The molecule has 4 atom stereocenters. The highest BCUT2D eigenvalue weighted by Gasteiger charge is 2.69. The fraction of sp³-hybridized carbons (Fsp3) is 0.263. The molecule has 7 rings (SSSR count). The van der Waals surface area contributed by atoms with Crippen molar-refractivity contribution < 1.29 is 14.3 Å². The van der Waals surface area contributed by atoms with Crippen LogP contribution in [0, 0.1) is 5.41 Å². The molecule has 42 heavy (non-hydrogen) atoms. The molecular formula is C38H35NO3. The molecule has 0 bridgehead atoms. The number of carbonyl (C=O) groups is 2. The largest absolute Gasteiger partial charge is 0.425 e. The number of hydrogen-bond donors (Lipinski definition) is 0. The highest BCUT2D eigenvalue weighted by atomic mass is 16.5. The first kappa shape index (κ1) is 26.6. The number of esters is 1. The van der Waals surface area contributed by atoms with Crippen LogP contribution < -0.4 is 0 Å².